The minimum atomic E-state index is -7.22. The van der Waals surface area contributed by atoms with Gasteiger partial charge in [-0.05, 0) is 23.3 Å². The van der Waals surface area contributed by atoms with E-state index >= 15 is 35.1 Å². The molecule has 7 aromatic carbocycles. The molecule has 0 amide bonds. The number of Topliss-reactive ketones (excluding diaryl/α,β-unsaturated/α-hetero) is 1. The number of halogens is 20. The molecule has 1 aromatic heterocycles. The summed E-state index contributed by atoms with van der Waals surface area (Å²) in [5.41, 5.74) is -11.5. The first-order valence-electron chi connectivity index (χ1n) is 20.4. The van der Waals surface area contributed by atoms with Gasteiger partial charge in [-0.1, -0.05) is 72.8 Å². The van der Waals surface area contributed by atoms with Crippen LogP contribution >= 0.6 is 0 Å². The van der Waals surface area contributed by atoms with Crippen molar-refractivity contribution in [2.75, 3.05) is 0 Å². The maximum absolute atomic E-state index is 15.4. The molecule has 0 aliphatic rings. The molecule has 0 fully saturated rings. The Hall–Kier alpha value is -8.58. The first-order valence-corrected chi connectivity index (χ1v) is 20.4. The van der Waals surface area contributed by atoms with E-state index in [4.69, 9.17) is 4.74 Å². The Balaban J connectivity index is 0.000000236. The van der Waals surface area contributed by atoms with Crippen molar-refractivity contribution in [1.29, 1.82) is 0 Å². The molecule has 0 spiro atoms. The largest absolute Gasteiger partial charge is 0.422 e. The Labute approximate surface area is 405 Å². The van der Waals surface area contributed by atoms with Gasteiger partial charge in [0.05, 0.1) is 6.20 Å². The molecule has 1 heterocycles. The summed E-state index contributed by atoms with van der Waals surface area (Å²) in [5.74, 6) is -71.6. The van der Waals surface area contributed by atoms with Gasteiger partial charge in [-0.3, -0.25) is 4.79 Å². The standard InChI is InChI=1S/C25H19N2O3.C24BF20/c28-24(21-9-5-2-6-10-21)18-27-16-15-26-23(17-27)25(29)30-22-13-11-20(12-14-22)19-7-3-1-4-8-19;26-5-1(6(27)14(35)21(42)13(5)34)25(2-7(28)15(36)22(43)16(37)8(2)29,3-9(30)17(38)23(44)18(39)10(3)31)4-11(32)19(40)24(45)20(41)12(4)33/h1-17H,18H2;/q+1;-1. The van der Waals surface area contributed by atoms with Gasteiger partial charge in [0, 0.05) is 5.56 Å². The predicted octanol–water partition coefficient (Wildman–Crippen LogP) is 9.98. The van der Waals surface area contributed by atoms with Crippen LogP contribution in [0.1, 0.15) is 20.8 Å². The summed E-state index contributed by atoms with van der Waals surface area (Å²) in [6, 6.07) is 26.3. The Morgan fingerprint density at radius 1 is 0.400 bits per heavy atom. The van der Waals surface area contributed by atoms with E-state index in [1.807, 2.05) is 60.7 Å². The van der Waals surface area contributed by atoms with Gasteiger partial charge in [0.25, 0.3) is 0 Å². The first-order chi connectivity index (χ1) is 35.4. The molecule has 386 valence electrons. The van der Waals surface area contributed by atoms with Crippen molar-refractivity contribution in [2.45, 2.75) is 6.54 Å². The topological polar surface area (TPSA) is 60.1 Å². The molecule has 0 N–H and O–H groups in total. The molecular formula is C49H19BF20N2O3. The van der Waals surface area contributed by atoms with Crippen LogP contribution in [0.4, 0.5) is 87.8 Å². The maximum atomic E-state index is 15.4. The number of ether oxygens (including phenoxy) is 1. The van der Waals surface area contributed by atoms with Gasteiger partial charge in [-0.25, -0.2) is 97.6 Å². The van der Waals surface area contributed by atoms with Crippen molar-refractivity contribution in [3.63, 3.8) is 0 Å². The monoisotopic (exact) mass is 1070 g/mol. The van der Waals surface area contributed by atoms with E-state index in [2.05, 4.69) is 4.98 Å². The zero-order valence-corrected chi connectivity index (χ0v) is 36.3. The number of hydrogen-bond acceptors (Lipinski definition) is 4. The van der Waals surface area contributed by atoms with Crippen LogP contribution in [0.2, 0.25) is 0 Å². The number of carbonyl (C=O) groups is 2. The molecule has 8 aromatic rings. The molecule has 8 rings (SSSR count). The summed E-state index contributed by atoms with van der Waals surface area (Å²) >= 11 is 0. The third-order valence-corrected chi connectivity index (χ3v) is 11.3. The molecule has 0 saturated carbocycles. The normalized spacial score (nSPS) is 11.4. The Morgan fingerprint density at radius 3 is 1.05 bits per heavy atom. The summed E-state index contributed by atoms with van der Waals surface area (Å²) in [6.45, 7) is 0.110. The lowest BCUT2D eigenvalue weighted by Gasteiger charge is -2.44. The second-order valence-electron chi connectivity index (χ2n) is 15.5. The molecule has 0 aliphatic carbocycles. The van der Waals surface area contributed by atoms with Crippen molar-refractivity contribution >= 4 is 39.7 Å². The third-order valence-electron chi connectivity index (χ3n) is 11.3. The number of rotatable bonds is 10. The molecule has 75 heavy (non-hydrogen) atoms. The molecule has 0 atom stereocenters. The number of aromatic nitrogens is 2. The Bertz CT molecular complexity index is 3210. The quantitative estimate of drug-likeness (QED) is 0.0200. The van der Waals surface area contributed by atoms with Crippen LogP contribution in [0.3, 0.4) is 0 Å². The lowest BCUT2D eigenvalue weighted by molar-refractivity contribution is -0.683. The van der Waals surface area contributed by atoms with Crippen molar-refractivity contribution in [2.24, 2.45) is 0 Å². The van der Waals surface area contributed by atoms with Crippen LogP contribution in [-0.4, -0.2) is 22.9 Å². The van der Waals surface area contributed by atoms with Gasteiger partial charge >= 0.3 is 5.97 Å². The van der Waals surface area contributed by atoms with Gasteiger partial charge < -0.3 is 4.74 Å². The third kappa shape index (κ3) is 9.39. The van der Waals surface area contributed by atoms with Gasteiger partial charge in [-0.2, -0.15) is 4.57 Å². The minimum Gasteiger partial charge on any atom is -0.422 e. The Kier molecular flexibility index (Phi) is 15.3. The molecule has 0 bridgehead atoms. The number of nitrogens with zero attached hydrogens (tertiary/aromatic N) is 2. The second-order valence-corrected chi connectivity index (χ2v) is 15.5. The van der Waals surface area contributed by atoms with E-state index in [1.165, 1.54) is 12.4 Å². The van der Waals surface area contributed by atoms with E-state index in [9.17, 15) is 62.3 Å². The fraction of sp³-hybridized carbons (Fsp3) is 0.0204. The molecule has 26 heteroatoms. The Morgan fingerprint density at radius 2 is 0.707 bits per heavy atom. The highest BCUT2D eigenvalue weighted by atomic mass is 19.2. The van der Waals surface area contributed by atoms with Crippen LogP contribution in [0, 0.1) is 116 Å². The van der Waals surface area contributed by atoms with E-state index in [0.29, 0.717) is 11.3 Å². The summed E-state index contributed by atoms with van der Waals surface area (Å²) < 4.78 is 301. The van der Waals surface area contributed by atoms with Crippen LogP contribution in [0.5, 0.6) is 5.75 Å². The molecular weight excluding hydrogens is 1060 g/mol. The van der Waals surface area contributed by atoms with Gasteiger partial charge in [0.2, 0.25) is 24.2 Å². The summed E-state index contributed by atoms with van der Waals surface area (Å²) in [5, 5.41) is 0. The van der Waals surface area contributed by atoms with Gasteiger partial charge in [0.1, 0.15) is 58.4 Å². The number of carbonyl (C=O) groups excluding carboxylic acids is 2. The number of ketones is 1. The highest BCUT2D eigenvalue weighted by Gasteiger charge is 2.52. The van der Waals surface area contributed by atoms with E-state index in [0.717, 1.165) is 11.1 Å². The number of benzene rings is 7. The zero-order chi connectivity index (χ0) is 55.1. The van der Waals surface area contributed by atoms with Crippen LogP contribution in [0.15, 0.2) is 104 Å². The number of hydrogen-bond donors (Lipinski definition) is 0. The van der Waals surface area contributed by atoms with Gasteiger partial charge in [-0.15, -0.1) is 21.9 Å². The van der Waals surface area contributed by atoms with E-state index < -0.39 is 150 Å². The summed E-state index contributed by atoms with van der Waals surface area (Å²) in [6.07, 6.45) is -2.58. The molecule has 0 aliphatic heterocycles. The minimum absolute atomic E-state index is 0.0531. The van der Waals surface area contributed by atoms with Crippen LogP contribution < -0.4 is 31.2 Å². The average Bonchev–Trinajstić information content (AvgIpc) is 3.41. The zero-order valence-electron chi connectivity index (χ0n) is 36.3. The van der Waals surface area contributed by atoms with Gasteiger partial charge in [0.15, 0.2) is 76.0 Å². The summed E-state index contributed by atoms with van der Waals surface area (Å²) in [4.78, 5) is 28.9. The predicted molar refractivity (Wildman–Crippen MR) is 221 cm³/mol. The smallest absolute Gasteiger partial charge is 0.368 e. The van der Waals surface area contributed by atoms with Crippen LogP contribution in [-0.2, 0) is 6.54 Å². The molecule has 0 saturated heterocycles. The van der Waals surface area contributed by atoms with Crippen molar-refractivity contribution < 1.29 is 107 Å². The highest BCUT2D eigenvalue weighted by Crippen LogP contribution is 2.31. The molecule has 5 nitrogen and oxygen atoms in total. The number of esters is 1. The van der Waals surface area contributed by atoms with E-state index in [1.54, 1.807) is 35.0 Å². The highest BCUT2D eigenvalue weighted by molar-refractivity contribution is 7.20. The van der Waals surface area contributed by atoms with E-state index in [-0.39, 0.29) is 18.0 Å². The lowest BCUT2D eigenvalue weighted by atomic mass is 9.12. The van der Waals surface area contributed by atoms with Crippen molar-refractivity contribution in [3.8, 4) is 16.9 Å². The SMILES string of the molecule is Fc1c(F)c(F)c([B-](c2c(F)c(F)c(F)c(F)c2F)(c2c(F)c(F)c(F)c(F)c2F)c2c(F)c(F)c(F)c(F)c2F)c(F)c1F.O=C(C[n+]1ccnc(C(=O)Oc2ccc(-c3ccccc3)cc2)c1)c1ccccc1. The molecule has 0 radical (unpaired) electrons. The van der Waals surface area contributed by atoms with Crippen molar-refractivity contribution in [1.82, 2.24) is 4.98 Å². The lowest BCUT2D eigenvalue weighted by Crippen LogP contribution is -2.81. The first kappa shape index (κ1) is 54.2. The van der Waals surface area contributed by atoms with Crippen LogP contribution in [0.25, 0.3) is 11.1 Å². The maximum Gasteiger partial charge on any atom is 0.368 e. The molecule has 0 unspecified atom stereocenters. The average molecular weight is 1070 g/mol. The van der Waals surface area contributed by atoms with Crippen molar-refractivity contribution in [3.05, 3.63) is 231 Å². The fourth-order valence-electron chi connectivity index (χ4n) is 7.90. The second kappa shape index (κ2) is 21.1. The summed E-state index contributed by atoms with van der Waals surface area (Å²) in [7, 11) is 0. The fourth-order valence-corrected chi connectivity index (χ4v) is 7.90.